The highest BCUT2D eigenvalue weighted by atomic mass is 35.5. The van der Waals surface area contributed by atoms with Crippen LogP contribution in [0.15, 0.2) is 12.1 Å². The Morgan fingerprint density at radius 2 is 1.88 bits per heavy atom. The zero-order chi connectivity index (χ0) is 18.8. The molecule has 0 bridgehead atoms. The van der Waals surface area contributed by atoms with Gasteiger partial charge in [0.1, 0.15) is 10.8 Å². The van der Waals surface area contributed by atoms with Gasteiger partial charge < -0.3 is 10.2 Å². The highest BCUT2D eigenvalue weighted by Gasteiger charge is 2.27. The Morgan fingerprint density at radius 3 is 2.50 bits per heavy atom. The molecule has 1 N–H and O–H groups in total. The number of hydrogen-bond acceptors (Lipinski definition) is 4. The number of halogens is 2. The lowest BCUT2D eigenvalue weighted by atomic mass is 10.1. The standard InChI is InChI=1S/C20H26Cl2N4/c1-5-8-26(11-15-6-7-15)20-17(22)19(23-14(4)24-20)25-18-13(3)9-12(2)10-16(18)21/h9-10,15H,5-8,11H2,1-4H3,(H,23,24,25). The monoisotopic (exact) mass is 392 g/mol. The molecule has 0 amide bonds. The minimum Gasteiger partial charge on any atom is -0.355 e. The van der Waals surface area contributed by atoms with Gasteiger partial charge in [0.2, 0.25) is 0 Å². The molecule has 0 spiro atoms. The molecule has 1 aromatic carbocycles. The summed E-state index contributed by atoms with van der Waals surface area (Å²) in [6.07, 6.45) is 3.65. The smallest absolute Gasteiger partial charge is 0.155 e. The lowest BCUT2D eigenvalue weighted by Gasteiger charge is -2.25. The summed E-state index contributed by atoms with van der Waals surface area (Å²) in [7, 11) is 0. The van der Waals surface area contributed by atoms with E-state index in [1.807, 2.05) is 26.8 Å². The fourth-order valence-corrected chi connectivity index (χ4v) is 3.81. The van der Waals surface area contributed by atoms with Crippen molar-refractivity contribution in [3.63, 3.8) is 0 Å². The molecule has 3 rings (SSSR count). The number of aromatic nitrogens is 2. The van der Waals surface area contributed by atoms with Gasteiger partial charge in [-0.15, -0.1) is 0 Å². The van der Waals surface area contributed by atoms with Gasteiger partial charge in [0.15, 0.2) is 11.6 Å². The molecular formula is C20H26Cl2N4. The summed E-state index contributed by atoms with van der Waals surface area (Å²) in [5.41, 5.74) is 3.03. The molecular weight excluding hydrogens is 367 g/mol. The van der Waals surface area contributed by atoms with E-state index in [1.54, 1.807) is 0 Å². The number of nitrogens with one attached hydrogen (secondary N) is 1. The Labute approximate surface area is 165 Å². The first-order valence-corrected chi connectivity index (χ1v) is 9.97. The lowest BCUT2D eigenvalue weighted by Crippen LogP contribution is -2.28. The van der Waals surface area contributed by atoms with Crippen LogP contribution in [0.25, 0.3) is 0 Å². The summed E-state index contributed by atoms with van der Waals surface area (Å²) < 4.78 is 0. The first-order valence-electron chi connectivity index (χ1n) is 9.22. The van der Waals surface area contributed by atoms with Gasteiger partial charge in [-0.25, -0.2) is 9.97 Å². The SMILES string of the molecule is CCCN(CC1CC1)c1nc(C)nc(Nc2c(C)cc(C)cc2Cl)c1Cl. The molecule has 1 aromatic heterocycles. The molecule has 26 heavy (non-hydrogen) atoms. The number of nitrogens with zero attached hydrogens (tertiary/aromatic N) is 3. The minimum atomic E-state index is 0.556. The van der Waals surface area contributed by atoms with Crippen molar-refractivity contribution in [1.82, 2.24) is 9.97 Å². The van der Waals surface area contributed by atoms with Gasteiger partial charge in [-0.2, -0.15) is 0 Å². The van der Waals surface area contributed by atoms with E-state index in [4.69, 9.17) is 23.2 Å². The van der Waals surface area contributed by atoms with Gasteiger partial charge in [-0.3, -0.25) is 0 Å². The molecule has 4 nitrogen and oxygen atoms in total. The molecule has 0 unspecified atom stereocenters. The molecule has 1 aliphatic carbocycles. The maximum absolute atomic E-state index is 6.73. The van der Waals surface area contributed by atoms with Crippen LogP contribution in [0.5, 0.6) is 0 Å². The molecule has 0 aliphatic heterocycles. The van der Waals surface area contributed by atoms with Crippen LogP contribution in [0.1, 0.15) is 43.1 Å². The van der Waals surface area contributed by atoms with Gasteiger partial charge in [-0.1, -0.05) is 36.2 Å². The molecule has 2 aromatic rings. The molecule has 0 atom stereocenters. The first-order chi connectivity index (χ1) is 12.4. The number of hydrogen-bond donors (Lipinski definition) is 1. The molecule has 1 heterocycles. The first kappa shape index (κ1) is 19.2. The highest BCUT2D eigenvalue weighted by Crippen LogP contribution is 2.37. The number of aryl methyl sites for hydroxylation is 3. The second-order valence-electron chi connectivity index (χ2n) is 7.21. The molecule has 1 aliphatic rings. The molecule has 1 saturated carbocycles. The summed E-state index contributed by atoms with van der Waals surface area (Å²) in [6.45, 7) is 10.1. The van der Waals surface area contributed by atoms with Crippen molar-refractivity contribution in [2.75, 3.05) is 23.3 Å². The highest BCUT2D eigenvalue weighted by molar-refractivity contribution is 6.36. The topological polar surface area (TPSA) is 41.1 Å². The Kier molecular flexibility index (Phi) is 5.93. The van der Waals surface area contributed by atoms with Crippen molar-refractivity contribution in [3.05, 3.63) is 39.1 Å². The van der Waals surface area contributed by atoms with Gasteiger partial charge >= 0.3 is 0 Å². The van der Waals surface area contributed by atoms with E-state index in [1.165, 1.54) is 12.8 Å². The van der Waals surface area contributed by atoms with Gasteiger partial charge in [0.25, 0.3) is 0 Å². The average molecular weight is 393 g/mol. The molecule has 140 valence electrons. The average Bonchev–Trinajstić information content (AvgIpc) is 3.37. The maximum atomic E-state index is 6.73. The summed E-state index contributed by atoms with van der Waals surface area (Å²) in [4.78, 5) is 11.5. The van der Waals surface area contributed by atoms with E-state index in [2.05, 4.69) is 33.2 Å². The third-order valence-electron chi connectivity index (χ3n) is 4.59. The van der Waals surface area contributed by atoms with Crippen LogP contribution in [0.3, 0.4) is 0 Å². The quantitative estimate of drug-likeness (QED) is 0.619. The summed E-state index contributed by atoms with van der Waals surface area (Å²) in [5, 5.41) is 4.56. The van der Waals surface area contributed by atoms with E-state index in [0.717, 1.165) is 48.1 Å². The second kappa shape index (κ2) is 8.01. The van der Waals surface area contributed by atoms with E-state index >= 15 is 0 Å². The van der Waals surface area contributed by atoms with Crippen LogP contribution in [0.4, 0.5) is 17.3 Å². The van der Waals surface area contributed by atoms with Crippen molar-refractivity contribution < 1.29 is 0 Å². The van der Waals surface area contributed by atoms with Crippen LogP contribution in [0, 0.1) is 26.7 Å². The van der Waals surface area contributed by atoms with Crippen molar-refractivity contribution in [1.29, 1.82) is 0 Å². The lowest BCUT2D eigenvalue weighted by molar-refractivity contribution is 0.696. The fraction of sp³-hybridized carbons (Fsp3) is 0.500. The third kappa shape index (κ3) is 4.41. The Hall–Kier alpha value is -1.52. The van der Waals surface area contributed by atoms with Crippen LogP contribution in [-0.4, -0.2) is 23.1 Å². The maximum Gasteiger partial charge on any atom is 0.155 e. The van der Waals surface area contributed by atoms with Gasteiger partial charge in [0, 0.05) is 13.1 Å². The number of rotatable bonds is 7. The predicted molar refractivity (Wildman–Crippen MR) is 111 cm³/mol. The zero-order valence-corrected chi connectivity index (χ0v) is 17.4. The van der Waals surface area contributed by atoms with Crippen molar-refractivity contribution >= 4 is 40.5 Å². The van der Waals surface area contributed by atoms with E-state index in [-0.39, 0.29) is 0 Å². The fourth-order valence-electron chi connectivity index (χ4n) is 3.19. The van der Waals surface area contributed by atoms with Gasteiger partial charge in [-0.05, 0) is 63.1 Å². The van der Waals surface area contributed by atoms with Crippen molar-refractivity contribution in [2.45, 2.75) is 47.0 Å². The van der Waals surface area contributed by atoms with Crippen molar-refractivity contribution in [3.8, 4) is 0 Å². The van der Waals surface area contributed by atoms with Crippen LogP contribution in [0.2, 0.25) is 10.0 Å². The van der Waals surface area contributed by atoms with Crippen LogP contribution < -0.4 is 10.2 Å². The Balaban J connectivity index is 1.96. The van der Waals surface area contributed by atoms with E-state index in [0.29, 0.717) is 21.7 Å². The Morgan fingerprint density at radius 1 is 1.15 bits per heavy atom. The molecule has 0 radical (unpaired) electrons. The molecule has 0 saturated heterocycles. The summed E-state index contributed by atoms with van der Waals surface area (Å²) >= 11 is 13.2. The van der Waals surface area contributed by atoms with Gasteiger partial charge in [0.05, 0.1) is 10.7 Å². The van der Waals surface area contributed by atoms with Crippen LogP contribution in [-0.2, 0) is 0 Å². The number of benzene rings is 1. The minimum absolute atomic E-state index is 0.556. The Bertz CT molecular complexity index is 780. The molecule has 6 heteroatoms. The third-order valence-corrected chi connectivity index (χ3v) is 5.24. The largest absolute Gasteiger partial charge is 0.355 e. The molecule has 1 fully saturated rings. The van der Waals surface area contributed by atoms with E-state index in [9.17, 15) is 0 Å². The number of anilines is 3. The second-order valence-corrected chi connectivity index (χ2v) is 8.00. The predicted octanol–water partition coefficient (Wildman–Crippen LogP) is 6.08. The van der Waals surface area contributed by atoms with Crippen LogP contribution >= 0.6 is 23.2 Å². The van der Waals surface area contributed by atoms with E-state index < -0.39 is 0 Å². The summed E-state index contributed by atoms with van der Waals surface area (Å²) in [6, 6.07) is 4.03. The zero-order valence-electron chi connectivity index (χ0n) is 15.9. The summed E-state index contributed by atoms with van der Waals surface area (Å²) in [5.74, 6) is 2.89. The van der Waals surface area contributed by atoms with Crippen molar-refractivity contribution in [2.24, 2.45) is 5.92 Å². The normalized spacial score (nSPS) is 13.8.